The summed E-state index contributed by atoms with van der Waals surface area (Å²) in [5, 5.41) is 9.14. The molecule has 3 aromatic rings. The molecule has 94 valence electrons. The number of fused-ring (bicyclic) bond motifs is 1. The SMILES string of the molecule is O=C(O)c1nc(-c2ccc(F)cc2)c2ccccn12. The number of hydrogen-bond donors (Lipinski definition) is 1. The van der Waals surface area contributed by atoms with E-state index in [-0.39, 0.29) is 11.6 Å². The normalized spacial score (nSPS) is 10.8. The molecule has 0 radical (unpaired) electrons. The van der Waals surface area contributed by atoms with Gasteiger partial charge in [0.05, 0.1) is 11.2 Å². The maximum atomic E-state index is 12.9. The fourth-order valence-electron chi connectivity index (χ4n) is 2.01. The van der Waals surface area contributed by atoms with Gasteiger partial charge in [-0.05, 0) is 36.4 Å². The van der Waals surface area contributed by atoms with Gasteiger partial charge in [-0.3, -0.25) is 4.40 Å². The van der Waals surface area contributed by atoms with E-state index in [9.17, 15) is 9.18 Å². The fraction of sp³-hybridized carbons (Fsp3) is 0. The number of imidazole rings is 1. The minimum Gasteiger partial charge on any atom is -0.475 e. The largest absolute Gasteiger partial charge is 0.475 e. The van der Waals surface area contributed by atoms with Gasteiger partial charge in [0.1, 0.15) is 5.82 Å². The molecule has 2 heterocycles. The molecule has 0 saturated carbocycles. The number of carboxylic acids is 1. The summed E-state index contributed by atoms with van der Waals surface area (Å²) < 4.78 is 14.4. The Morgan fingerprint density at radius 1 is 1.16 bits per heavy atom. The molecule has 19 heavy (non-hydrogen) atoms. The highest BCUT2D eigenvalue weighted by molar-refractivity contribution is 5.89. The number of aromatic nitrogens is 2. The topological polar surface area (TPSA) is 54.6 Å². The molecule has 0 atom stereocenters. The minimum absolute atomic E-state index is 0.0603. The maximum absolute atomic E-state index is 12.9. The van der Waals surface area contributed by atoms with Crippen LogP contribution in [0.25, 0.3) is 16.8 Å². The van der Waals surface area contributed by atoms with Crippen LogP contribution in [0.15, 0.2) is 48.7 Å². The molecule has 5 heteroatoms. The second-order valence-electron chi connectivity index (χ2n) is 4.05. The van der Waals surface area contributed by atoms with Gasteiger partial charge in [0.25, 0.3) is 0 Å². The maximum Gasteiger partial charge on any atom is 0.372 e. The molecule has 1 aromatic carbocycles. The standard InChI is InChI=1S/C14H9FN2O2/c15-10-6-4-9(5-7-10)12-11-3-1-2-8-17(11)13(16-12)14(18)19/h1-8H,(H,18,19). The summed E-state index contributed by atoms with van der Waals surface area (Å²) in [7, 11) is 0. The van der Waals surface area contributed by atoms with E-state index in [2.05, 4.69) is 4.98 Å². The van der Waals surface area contributed by atoms with Crippen molar-refractivity contribution in [1.82, 2.24) is 9.38 Å². The molecule has 0 aliphatic rings. The highest BCUT2D eigenvalue weighted by Gasteiger charge is 2.16. The van der Waals surface area contributed by atoms with Crippen molar-refractivity contribution < 1.29 is 14.3 Å². The number of nitrogens with zero attached hydrogens (tertiary/aromatic N) is 2. The van der Waals surface area contributed by atoms with E-state index < -0.39 is 5.97 Å². The Hall–Kier alpha value is -2.69. The molecule has 1 N–H and O–H groups in total. The number of carbonyl (C=O) groups is 1. The van der Waals surface area contributed by atoms with E-state index in [0.717, 1.165) is 0 Å². The van der Waals surface area contributed by atoms with Gasteiger partial charge in [-0.25, -0.2) is 14.2 Å². The average molecular weight is 256 g/mol. The summed E-state index contributed by atoms with van der Waals surface area (Å²) >= 11 is 0. The van der Waals surface area contributed by atoms with Crippen molar-refractivity contribution in [2.45, 2.75) is 0 Å². The van der Waals surface area contributed by atoms with Crippen molar-refractivity contribution >= 4 is 11.5 Å². The first-order chi connectivity index (χ1) is 9.16. The summed E-state index contributed by atoms with van der Waals surface area (Å²) in [4.78, 5) is 15.3. The Balaban J connectivity index is 2.29. The number of pyridine rings is 1. The Bertz CT molecular complexity index is 763. The number of carboxylic acid groups (broad SMARTS) is 1. The molecule has 2 aromatic heterocycles. The fourth-order valence-corrected chi connectivity index (χ4v) is 2.01. The van der Waals surface area contributed by atoms with Crippen molar-refractivity contribution in [3.05, 3.63) is 60.3 Å². The van der Waals surface area contributed by atoms with Gasteiger partial charge in [0.2, 0.25) is 5.82 Å². The highest BCUT2D eigenvalue weighted by atomic mass is 19.1. The second kappa shape index (κ2) is 4.20. The van der Waals surface area contributed by atoms with Crippen molar-refractivity contribution in [2.24, 2.45) is 0 Å². The third kappa shape index (κ3) is 1.85. The summed E-state index contributed by atoms with van der Waals surface area (Å²) in [6.07, 6.45) is 1.64. The van der Waals surface area contributed by atoms with E-state index in [0.29, 0.717) is 16.8 Å². The van der Waals surface area contributed by atoms with Crippen LogP contribution in [0.2, 0.25) is 0 Å². The van der Waals surface area contributed by atoms with Crippen molar-refractivity contribution in [3.8, 4) is 11.3 Å². The molecule has 0 aliphatic heterocycles. The average Bonchev–Trinajstić information content (AvgIpc) is 2.79. The molecule has 3 rings (SSSR count). The zero-order valence-electron chi connectivity index (χ0n) is 9.75. The Morgan fingerprint density at radius 3 is 2.58 bits per heavy atom. The predicted octanol–water partition coefficient (Wildman–Crippen LogP) is 2.84. The second-order valence-corrected chi connectivity index (χ2v) is 4.05. The van der Waals surface area contributed by atoms with Crippen LogP contribution in [0.4, 0.5) is 4.39 Å². The molecular formula is C14H9FN2O2. The lowest BCUT2D eigenvalue weighted by Gasteiger charge is -1.98. The molecule has 0 spiro atoms. The quantitative estimate of drug-likeness (QED) is 0.767. The predicted molar refractivity (Wildman–Crippen MR) is 67.5 cm³/mol. The molecule has 0 bridgehead atoms. The zero-order valence-corrected chi connectivity index (χ0v) is 9.75. The van der Waals surface area contributed by atoms with E-state index in [1.165, 1.54) is 16.5 Å². The van der Waals surface area contributed by atoms with Gasteiger partial charge in [0, 0.05) is 11.8 Å². The van der Waals surface area contributed by atoms with Crippen LogP contribution >= 0.6 is 0 Å². The Morgan fingerprint density at radius 2 is 1.89 bits per heavy atom. The van der Waals surface area contributed by atoms with E-state index >= 15 is 0 Å². The van der Waals surface area contributed by atoms with Crippen LogP contribution in [-0.4, -0.2) is 20.5 Å². The van der Waals surface area contributed by atoms with Crippen LogP contribution in [-0.2, 0) is 0 Å². The molecule has 0 amide bonds. The van der Waals surface area contributed by atoms with Crippen molar-refractivity contribution in [3.63, 3.8) is 0 Å². The van der Waals surface area contributed by atoms with Crippen LogP contribution in [0.1, 0.15) is 10.6 Å². The molecule has 0 unspecified atom stereocenters. The number of halogens is 1. The molecule has 4 nitrogen and oxygen atoms in total. The van der Waals surface area contributed by atoms with Crippen LogP contribution in [0.5, 0.6) is 0 Å². The Labute approximate surface area is 107 Å². The highest BCUT2D eigenvalue weighted by Crippen LogP contribution is 2.25. The van der Waals surface area contributed by atoms with Gasteiger partial charge >= 0.3 is 5.97 Å². The number of rotatable bonds is 2. The molecular weight excluding hydrogens is 247 g/mol. The van der Waals surface area contributed by atoms with Crippen molar-refractivity contribution in [2.75, 3.05) is 0 Å². The Kier molecular flexibility index (Phi) is 2.52. The van der Waals surface area contributed by atoms with Gasteiger partial charge in [0.15, 0.2) is 0 Å². The number of benzene rings is 1. The first-order valence-electron chi connectivity index (χ1n) is 5.63. The van der Waals surface area contributed by atoms with Gasteiger partial charge in [-0.15, -0.1) is 0 Å². The summed E-state index contributed by atoms with van der Waals surface area (Å²) in [6, 6.07) is 11.1. The molecule has 0 aliphatic carbocycles. The minimum atomic E-state index is -1.10. The van der Waals surface area contributed by atoms with Crippen LogP contribution < -0.4 is 0 Å². The first kappa shape index (κ1) is 11.4. The summed E-state index contributed by atoms with van der Waals surface area (Å²) in [5.74, 6) is -1.50. The zero-order chi connectivity index (χ0) is 13.4. The third-order valence-electron chi connectivity index (χ3n) is 2.86. The lowest BCUT2D eigenvalue weighted by molar-refractivity contribution is 0.0683. The van der Waals surface area contributed by atoms with Crippen molar-refractivity contribution in [1.29, 1.82) is 0 Å². The van der Waals surface area contributed by atoms with E-state index in [1.807, 2.05) is 0 Å². The monoisotopic (exact) mass is 256 g/mol. The van der Waals surface area contributed by atoms with Crippen LogP contribution in [0.3, 0.4) is 0 Å². The van der Waals surface area contributed by atoms with Gasteiger partial charge in [-0.1, -0.05) is 6.07 Å². The summed E-state index contributed by atoms with van der Waals surface area (Å²) in [5.41, 5.74) is 1.88. The molecule has 0 saturated heterocycles. The van der Waals surface area contributed by atoms with Gasteiger partial charge < -0.3 is 5.11 Å². The van der Waals surface area contributed by atoms with E-state index in [4.69, 9.17) is 5.11 Å². The molecule has 0 fully saturated rings. The number of hydrogen-bond acceptors (Lipinski definition) is 2. The first-order valence-corrected chi connectivity index (χ1v) is 5.63. The van der Waals surface area contributed by atoms with E-state index in [1.54, 1.807) is 36.5 Å². The third-order valence-corrected chi connectivity index (χ3v) is 2.86. The van der Waals surface area contributed by atoms with Crippen LogP contribution in [0, 0.1) is 5.82 Å². The lowest BCUT2D eigenvalue weighted by atomic mass is 10.1. The lowest BCUT2D eigenvalue weighted by Crippen LogP contribution is -2.02. The van der Waals surface area contributed by atoms with Gasteiger partial charge in [-0.2, -0.15) is 0 Å². The summed E-state index contributed by atoms with van der Waals surface area (Å²) in [6.45, 7) is 0. The smallest absolute Gasteiger partial charge is 0.372 e. The number of aromatic carboxylic acids is 1.